The molecule has 1 aliphatic rings. The molecule has 24 heavy (non-hydrogen) atoms. The summed E-state index contributed by atoms with van der Waals surface area (Å²) >= 11 is 0. The Bertz CT molecular complexity index is 695. The van der Waals surface area contributed by atoms with Crippen molar-refractivity contribution in [2.75, 3.05) is 26.2 Å². The molecule has 0 bridgehead atoms. The third kappa shape index (κ3) is 3.62. The molecule has 0 aliphatic carbocycles. The van der Waals surface area contributed by atoms with Crippen LogP contribution in [-0.4, -0.2) is 52.8 Å². The number of hydrogen-bond donors (Lipinski definition) is 2. The van der Waals surface area contributed by atoms with E-state index in [4.69, 9.17) is 0 Å². The number of hydrogen-bond acceptors (Lipinski definition) is 3. The van der Waals surface area contributed by atoms with Gasteiger partial charge in [-0.05, 0) is 50.9 Å². The average molecular weight is 329 g/mol. The normalized spacial score (nSPS) is 18.3. The van der Waals surface area contributed by atoms with Crippen LogP contribution in [0.2, 0.25) is 0 Å². The number of carbonyl (C=O) groups excluding carboxylic acids is 1. The zero-order valence-corrected chi connectivity index (χ0v) is 14.4. The van der Waals surface area contributed by atoms with Gasteiger partial charge in [0, 0.05) is 30.5 Å². The first-order valence-corrected chi connectivity index (χ1v) is 8.88. The van der Waals surface area contributed by atoms with Gasteiger partial charge in [-0.3, -0.25) is 9.69 Å². The van der Waals surface area contributed by atoms with E-state index in [9.17, 15) is 9.90 Å². The van der Waals surface area contributed by atoms with Gasteiger partial charge >= 0.3 is 0 Å². The van der Waals surface area contributed by atoms with Crippen molar-refractivity contribution in [1.29, 1.82) is 0 Å². The molecule has 1 fully saturated rings. The fourth-order valence-electron chi connectivity index (χ4n) is 3.64. The Kier molecular flexibility index (Phi) is 5.53. The number of nitrogens with zero attached hydrogens (tertiary/aromatic N) is 2. The highest BCUT2D eigenvalue weighted by Crippen LogP contribution is 2.18. The summed E-state index contributed by atoms with van der Waals surface area (Å²) in [5.41, 5.74) is 1.78. The number of aromatic nitrogens is 1. The van der Waals surface area contributed by atoms with Crippen molar-refractivity contribution < 1.29 is 9.90 Å². The maximum Gasteiger partial charge on any atom is 0.267 e. The molecule has 1 saturated heterocycles. The summed E-state index contributed by atoms with van der Waals surface area (Å²) < 4.78 is 1.95. The molecule has 5 nitrogen and oxygen atoms in total. The number of nitrogens with one attached hydrogen (secondary N) is 1. The SMILES string of the molecule is Cn1c(C(=O)NCCCCN2CCCC2CO)cc2ccccc21. The Morgan fingerprint density at radius 2 is 2.17 bits per heavy atom. The molecule has 2 aromatic rings. The number of aliphatic hydroxyl groups is 1. The molecule has 3 rings (SSSR count). The van der Waals surface area contributed by atoms with Gasteiger partial charge in [-0.15, -0.1) is 0 Å². The fraction of sp³-hybridized carbons (Fsp3) is 0.526. The number of fused-ring (bicyclic) bond motifs is 1. The maximum atomic E-state index is 12.4. The van der Waals surface area contributed by atoms with E-state index in [0.717, 1.165) is 43.3 Å². The lowest BCUT2D eigenvalue weighted by Gasteiger charge is -2.22. The molecule has 1 atom stereocenters. The van der Waals surface area contributed by atoms with E-state index < -0.39 is 0 Å². The molecule has 1 amide bonds. The summed E-state index contributed by atoms with van der Waals surface area (Å²) in [4.78, 5) is 14.7. The van der Waals surface area contributed by atoms with Crippen molar-refractivity contribution in [2.24, 2.45) is 7.05 Å². The summed E-state index contributed by atoms with van der Waals surface area (Å²) in [5, 5.41) is 13.4. The Balaban J connectivity index is 1.44. The molecule has 130 valence electrons. The third-order valence-corrected chi connectivity index (χ3v) is 5.05. The van der Waals surface area contributed by atoms with Gasteiger partial charge in [-0.25, -0.2) is 0 Å². The summed E-state index contributed by atoms with van der Waals surface area (Å²) in [5.74, 6) is -0.0110. The molecule has 0 saturated carbocycles. The van der Waals surface area contributed by atoms with Crippen LogP contribution in [0.1, 0.15) is 36.2 Å². The minimum Gasteiger partial charge on any atom is -0.395 e. The first-order valence-electron chi connectivity index (χ1n) is 8.88. The quantitative estimate of drug-likeness (QED) is 0.765. The van der Waals surface area contributed by atoms with Crippen LogP contribution in [0.15, 0.2) is 30.3 Å². The molecular formula is C19H27N3O2. The van der Waals surface area contributed by atoms with Crippen LogP contribution >= 0.6 is 0 Å². The molecule has 1 aromatic carbocycles. The summed E-state index contributed by atoms with van der Waals surface area (Å²) in [6.07, 6.45) is 4.30. The van der Waals surface area contributed by atoms with Gasteiger partial charge in [-0.1, -0.05) is 18.2 Å². The minimum atomic E-state index is -0.0110. The highest BCUT2D eigenvalue weighted by atomic mass is 16.3. The summed E-state index contributed by atoms with van der Waals surface area (Å²) in [6.45, 7) is 3.05. The number of carbonyl (C=O) groups is 1. The van der Waals surface area contributed by atoms with Crippen molar-refractivity contribution in [3.05, 3.63) is 36.0 Å². The molecule has 2 N–H and O–H groups in total. The van der Waals surface area contributed by atoms with E-state index >= 15 is 0 Å². The van der Waals surface area contributed by atoms with Gasteiger partial charge < -0.3 is 15.0 Å². The maximum absolute atomic E-state index is 12.4. The molecule has 1 aromatic heterocycles. The molecular weight excluding hydrogens is 302 g/mol. The Hall–Kier alpha value is -1.85. The monoisotopic (exact) mass is 329 g/mol. The van der Waals surface area contributed by atoms with Crippen LogP contribution in [0.3, 0.4) is 0 Å². The van der Waals surface area contributed by atoms with Crippen LogP contribution < -0.4 is 5.32 Å². The number of likely N-dealkylation sites (tertiary alicyclic amines) is 1. The zero-order chi connectivity index (χ0) is 16.9. The first-order chi connectivity index (χ1) is 11.7. The highest BCUT2D eigenvalue weighted by Gasteiger charge is 2.22. The second kappa shape index (κ2) is 7.81. The number of rotatable bonds is 7. The number of para-hydroxylation sites is 1. The fourth-order valence-corrected chi connectivity index (χ4v) is 3.64. The van der Waals surface area contributed by atoms with Crippen LogP contribution in [0.4, 0.5) is 0 Å². The van der Waals surface area contributed by atoms with Crippen molar-refractivity contribution in [3.8, 4) is 0 Å². The molecule has 2 heterocycles. The number of amides is 1. The lowest BCUT2D eigenvalue weighted by Crippen LogP contribution is -2.33. The largest absolute Gasteiger partial charge is 0.395 e. The van der Waals surface area contributed by atoms with E-state index in [2.05, 4.69) is 10.2 Å². The van der Waals surface area contributed by atoms with E-state index in [1.165, 1.54) is 6.42 Å². The van der Waals surface area contributed by atoms with E-state index in [1.54, 1.807) is 0 Å². The summed E-state index contributed by atoms with van der Waals surface area (Å²) in [7, 11) is 1.93. The van der Waals surface area contributed by atoms with E-state index in [1.807, 2.05) is 41.9 Å². The van der Waals surface area contributed by atoms with Crippen LogP contribution in [0, 0.1) is 0 Å². The number of benzene rings is 1. The Labute approximate surface area is 143 Å². The van der Waals surface area contributed by atoms with Crippen molar-refractivity contribution in [2.45, 2.75) is 31.7 Å². The van der Waals surface area contributed by atoms with Crippen LogP contribution in [-0.2, 0) is 7.05 Å². The van der Waals surface area contributed by atoms with Gasteiger partial charge in [0.05, 0.1) is 6.61 Å². The summed E-state index contributed by atoms with van der Waals surface area (Å²) in [6, 6.07) is 10.3. The van der Waals surface area contributed by atoms with Gasteiger partial charge in [0.15, 0.2) is 0 Å². The topological polar surface area (TPSA) is 57.5 Å². The second-order valence-corrected chi connectivity index (χ2v) is 6.63. The molecule has 5 heteroatoms. The van der Waals surface area contributed by atoms with Crippen molar-refractivity contribution in [1.82, 2.24) is 14.8 Å². The van der Waals surface area contributed by atoms with Gasteiger partial charge in [0.1, 0.15) is 5.69 Å². The van der Waals surface area contributed by atoms with Crippen molar-refractivity contribution in [3.63, 3.8) is 0 Å². The predicted octanol–water partition coefficient (Wildman–Crippen LogP) is 2.14. The lowest BCUT2D eigenvalue weighted by molar-refractivity contribution is 0.0944. The zero-order valence-electron chi connectivity index (χ0n) is 14.4. The third-order valence-electron chi connectivity index (χ3n) is 5.05. The number of unbranched alkanes of at least 4 members (excludes halogenated alkanes) is 1. The Morgan fingerprint density at radius 3 is 2.96 bits per heavy atom. The highest BCUT2D eigenvalue weighted by molar-refractivity contribution is 5.98. The van der Waals surface area contributed by atoms with E-state index in [0.29, 0.717) is 18.3 Å². The smallest absolute Gasteiger partial charge is 0.267 e. The number of aryl methyl sites for hydroxylation is 1. The van der Waals surface area contributed by atoms with Crippen LogP contribution in [0.5, 0.6) is 0 Å². The standard InChI is InChI=1S/C19H27N3O2/c1-21-17-9-3-2-7-15(17)13-18(21)19(24)20-10-4-5-11-22-12-6-8-16(22)14-23/h2-3,7,9,13,16,23H,4-6,8,10-12,14H2,1H3,(H,20,24). The van der Waals surface area contributed by atoms with Gasteiger partial charge in [0.2, 0.25) is 0 Å². The van der Waals surface area contributed by atoms with Crippen molar-refractivity contribution >= 4 is 16.8 Å². The first kappa shape index (κ1) is 17.0. The predicted molar refractivity (Wildman–Crippen MR) is 96.2 cm³/mol. The van der Waals surface area contributed by atoms with Gasteiger partial charge in [0.25, 0.3) is 5.91 Å². The minimum absolute atomic E-state index is 0.0110. The van der Waals surface area contributed by atoms with Gasteiger partial charge in [-0.2, -0.15) is 0 Å². The lowest BCUT2D eigenvalue weighted by atomic mass is 10.2. The molecule has 0 spiro atoms. The second-order valence-electron chi connectivity index (χ2n) is 6.63. The van der Waals surface area contributed by atoms with E-state index in [-0.39, 0.29) is 12.5 Å². The van der Waals surface area contributed by atoms with Crippen LogP contribution in [0.25, 0.3) is 10.9 Å². The Morgan fingerprint density at radius 1 is 1.33 bits per heavy atom. The molecule has 1 aliphatic heterocycles. The number of aliphatic hydroxyl groups excluding tert-OH is 1. The molecule has 1 unspecified atom stereocenters. The molecule has 0 radical (unpaired) electrons. The average Bonchev–Trinajstić information content (AvgIpc) is 3.19.